The molecule has 0 spiro atoms. The number of benzene rings is 4. The number of aromatic nitrogens is 3. The van der Waals surface area contributed by atoms with Gasteiger partial charge in [-0.2, -0.15) is 9.97 Å². The maximum absolute atomic E-state index is 8.48. The molecule has 5 heteroatoms. The Morgan fingerprint density at radius 2 is 1.28 bits per heavy atom. The van der Waals surface area contributed by atoms with Gasteiger partial charge in [0, 0.05) is 31.3 Å². The SMILES string of the molecule is [2H]c1c([2H])c([2H])c(-c2cccc3c2sc2c(-c4nc(Cl)nc(-c5ccccc5)n4)cccc23)c([2H])c1[2H]. The van der Waals surface area contributed by atoms with Gasteiger partial charge in [-0.1, -0.05) is 90.9 Å². The van der Waals surface area contributed by atoms with Crippen molar-refractivity contribution in [1.29, 1.82) is 0 Å². The molecule has 0 fully saturated rings. The highest BCUT2D eigenvalue weighted by Gasteiger charge is 2.16. The van der Waals surface area contributed by atoms with E-state index in [-0.39, 0.29) is 35.0 Å². The van der Waals surface area contributed by atoms with Crippen LogP contribution in [0.25, 0.3) is 54.1 Å². The average Bonchev–Trinajstić information content (AvgIpc) is 3.31. The van der Waals surface area contributed by atoms with E-state index >= 15 is 0 Å². The summed E-state index contributed by atoms with van der Waals surface area (Å²) in [5.41, 5.74) is 2.35. The molecule has 0 N–H and O–H groups in total. The van der Waals surface area contributed by atoms with E-state index in [4.69, 9.17) is 23.4 Å². The molecule has 0 unspecified atom stereocenters. The Morgan fingerprint density at radius 3 is 2.03 bits per heavy atom. The van der Waals surface area contributed by atoms with E-state index in [1.165, 1.54) is 11.3 Å². The van der Waals surface area contributed by atoms with E-state index in [0.717, 1.165) is 31.3 Å². The van der Waals surface area contributed by atoms with Gasteiger partial charge in [0.25, 0.3) is 0 Å². The minimum absolute atomic E-state index is 0.0850. The second-order valence-corrected chi connectivity index (χ2v) is 8.44. The molecule has 0 bridgehead atoms. The quantitative estimate of drug-likeness (QED) is 0.273. The summed E-state index contributed by atoms with van der Waals surface area (Å²) in [5.74, 6) is 0.897. The van der Waals surface area contributed by atoms with Crippen LogP contribution >= 0.6 is 22.9 Å². The van der Waals surface area contributed by atoms with E-state index in [1.807, 2.05) is 60.7 Å². The van der Waals surface area contributed by atoms with Gasteiger partial charge in [0.05, 0.1) is 6.85 Å². The van der Waals surface area contributed by atoms with Gasteiger partial charge in [0.1, 0.15) is 0 Å². The van der Waals surface area contributed by atoms with Gasteiger partial charge < -0.3 is 0 Å². The predicted octanol–water partition coefficient (Wildman–Crippen LogP) is 7.89. The smallest absolute Gasteiger partial charge is 0.208 e. The van der Waals surface area contributed by atoms with Crippen LogP contribution in [0.3, 0.4) is 0 Å². The molecule has 0 aliphatic rings. The predicted molar refractivity (Wildman–Crippen MR) is 134 cm³/mol. The van der Waals surface area contributed by atoms with Crippen molar-refractivity contribution in [3.63, 3.8) is 0 Å². The van der Waals surface area contributed by atoms with Gasteiger partial charge in [-0.15, -0.1) is 11.3 Å². The molecular weight excluding hydrogens is 434 g/mol. The lowest BCUT2D eigenvalue weighted by atomic mass is 10.0. The fourth-order valence-corrected chi connectivity index (χ4v) is 5.25. The molecular formula is C27H16ClN3S. The van der Waals surface area contributed by atoms with Crippen LogP contribution in [0, 0.1) is 0 Å². The van der Waals surface area contributed by atoms with Gasteiger partial charge in [-0.05, 0) is 28.8 Å². The first-order valence-corrected chi connectivity index (χ1v) is 11.0. The standard InChI is InChI=1S/C27H16ClN3S/c28-27-30-25(18-11-5-2-6-12-18)29-26(31-27)22-16-8-15-21-20-14-7-13-19(23(20)32-24(21)22)17-9-3-1-4-10-17/h1-16H/i1D,3D,4D,9D,10D. The Kier molecular flexibility index (Phi) is 3.54. The van der Waals surface area contributed by atoms with Crippen molar-refractivity contribution in [3.05, 3.63) is 102 Å². The van der Waals surface area contributed by atoms with Gasteiger partial charge >= 0.3 is 0 Å². The first-order chi connectivity index (χ1) is 17.8. The number of rotatable bonds is 3. The summed E-state index contributed by atoms with van der Waals surface area (Å²) in [6, 6.07) is 19.4. The molecule has 6 aromatic rings. The Balaban J connectivity index is 1.62. The third-order valence-electron chi connectivity index (χ3n) is 5.17. The lowest BCUT2D eigenvalue weighted by Gasteiger charge is -2.05. The van der Waals surface area contributed by atoms with E-state index < -0.39 is 6.04 Å². The molecule has 0 saturated heterocycles. The molecule has 0 aliphatic carbocycles. The van der Waals surface area contributed by atoms with Gasteiger partial charge in [0.2, 0.25) is 5.28 Å². The topological polar surface area (TPSA) is 38.7 Å². The van der Waals surface area contributed by atoms with Crippen LogP contribution in [0.2, 0.25) is 5.28 Å². The van der Waals surface area contributed by atoms with Crippen LogP contribution in [0.1, 0.15) is 6.85 Å². The van der Waals surface area contributed by atoms with Crippen molar-refractivity contribution in [1.82, 2.24) is 15.0 Å². The highest BCUT2D eigenvalue weighted by atomic mass is 35.5. The Labute approximate surface area is 201 Å². The lowest BCUT2D eigenvalue weighted by molar-refractivity contribution is 1.07. The molecule has 32 heavy (non-hydrogen) atoms. The molecule has 0 saturated carbocycles. The zero-order valence-corrected chi connectivity index (χ0v) is 18.1. The van der Waals surface area contributed by atoms with Crippen LogP contribution < -0.4 is 0 Å². The normalized spacial score (nSPS) is 13.5. The van der Waals surface area contributed by atoms with Crippen LogP contribution in [0.4, 0.5) is 0 Å². The first-order valence-electron chi connectivity index (χ1n) is 12.3. The van der Waals surface area contributed by atoms with Gasteiger partial charge in [-0.3, -0.25) is 0 Å². The van der Waals surface area contributed by atoms with Crippen LogP contribution in [-0.2, 0) is 0 Å². The first kappa shape index (κ1) is 14.5. The summed E-state index contributed by atoms with van der Waals surface area (Å²) < 4.78 is 42.9. The maximum atomic E-state index is 8.48. The summed E-state index contributed by atoms with van der Waals surface area (Å²) in [4.78, 5) is 13.4. The number of hydrogen-bond donors (Lipinski definition) is 0. The van der Waals surface area contributed by atoms with Crippen molar-refractivity contribution in [2.24, 2.45) is 0 Å². The van der Waals surface area contributed by atoms with Crippen LogP contribution in [0.15, 0.2) is 96.9 Å². The van der Waals surface area contributed by atoms with Crippen molar-refractivity contribution in [2.75, 3.05) is 0 Å². The fourth-order valence-electron chi connectivity index (χ4n) is 3.76. The van der Waals surface area contributed by atoms with E-state index in [0.29, 0.717) is 17.2 Å². The molecule has 0 atom stereocenters. The Morgan fingerprint density at radius 1 is 0.625 bits per heavy atom. The van der Waals surface area contributed by atoms with Gasteiger partial charge in [-0.25, -0.2) is 4.98 Å². The minimum Gasteiger partial charge on any atom is -0.208 e. The number of nitrogens with zero attached hydrogens (tertiary/aromatic N) is 3. The summed E-state index contributed by atoms with van der Waals surface area (Å²) in [6.45, 7) is 0. The molecule has 3 nitrogen and oxygen atoms in total. The highest BCUT2D eigenvalue weighted by molar-refractivity contribution is 7.26. The van der Waals surface area contributed by atoms with Gasteiger partial charge in [0.15, 0.2) is 11.6 Å². The maximum Gasteiger partial charge on any atom is 0.226 e. The number of thiophene rings is 1. The molecule has 2 heterocycles. The van der Waals surface area contributed by atoms with Crippen molar-refractivity contribution >= 4 is 43.1 Å². The van der Waals surface area contributed by atoms with Crippen LogP contribution in [-0.4, -0.2) is 15.0 Å². The second kappa shape index (κ2) is 7.83. The minimum atomic E-state index is -0.412. The van der Waals surface area contributed by atoms with E-state index in [1.54, 1.807) is 6.07 Å². The Hall–Kier alpha value is -3.60. The summed E-state index contributed by atoms with van der Waals surface area (Å²) >= 11 is 7.78. The van der Waals surface area contributed by atoms with Crippen molar-refractivity contribution in [2.45, 2.75) is 0 Å². The fraction of sp³-hybridized carbons (Fsp3) is 0. The third kappa shape index (κ3) is 3.25. The summed E-state index contributed by atoms with van der Waals surface area (Å²) in [6.07, 6.45) is 0. The van der Waals surface area contributed by atoms with Crippen LogP contribution in [0.5, 0.6) is 0 Å². The van der Waals surface area contributed by atoms with Crippen molar-refractivity contribution < 1.29 is 6.85 Å². The summed E-state index contributed by atoms with van der Waals surface area (Å²) in [5, 5.41) is 1.95. The second-order valence-electron chi connectivity index (χ2n) is 7.08. The van der Waals surface area contributed by atoms with Crippen molar-refractivity contribution in [3.8, 4) is 33.9 Å². The van der Waals surface area contributed by atoms with E-state index in [2.05, 4.69) is 9.97 Å². The number of hydrogen-bond acceptors (Lipinski definition) is 4. The third-order valence-corrected chi connectivity index (χ3v) is 6.63. The zero-order valence-electron chi connectivity index (χ0n) is 21.5. The molecule has 0 aliphatic heterocycles. The highest BCUT2D eigenvalue weighted by Crippen LogP contribution is 2.43. The largest absolute Gasteiger partial charge is 0.226 e. The molecule has 4 aromatic carbocycles. The average molecular weight is 455 g/mol. The molecule has 0 radical (unpaired) electrons. The number of halogens is 1. The Bertz CT molecular complexity index is 1830. The molecule has 152 valence electrons. The zero-order chi connectivity index (χ0) is 25.8. The van der Waals surface area contributed by atoms with E-state index in [9.17, 15) is 0 Å². The molecule has 0 amide bonds. The lowest BCUT2D eigenvalue weighted by Crippen LogP contribution is -1.97. The number of fused-ring (bicyclic) bond motifs is 3. The summed E-state index contributed by atoms with van der Waals surface area (Å²) in [7, 11) is 0. The molecule has 6 rings (SSSR count). The monoisotopic (exact) mass is 454 g/mol. The molecule has 2 aromatic heterocycles.